The number of esters is 3. The first-order chi connectivity index (χ1) is 16.9. The Balaban J connectivity index is 1.92. The SMILES string of the molecule is CC(C)(C)C(CC(C)(C)C(C)(C)C1C(=O)OC(=O)C1C1CCCCC1C(C)(C)C)C(=O)OC1CSSC1. The van der Waals surface area contributed by atoms with Crippen LogP contribution in [0.1, 0.15) is 101 Å². The Kier molecular flexibility index (Phi) is 9.22. The highest BCUT2D eigenvalue weighted by Gasteiger charge is 2.61. The van der Waals surface area contributed by atoms with Crippen molar-refractivity contribution >= 4 is 39.5 Å². The molecule has 5 unspecified atom stereocenters. The molecule has 0 N–H and O–H groups in total. The summed E-state index contributed by atoms with van der Waals surface area (Å²) in [7, 11) is 3.50. The van der Waals surface area contributed by atoms with Gasteiger partial charge in [-0.05, 0) is 52.8 Å². The summed E-state index contributed by atoms with van der Waals surface area (Å²) in [6, 6.07) is 0. The van der Waals surface area contributed by atoms with E-state index >= 15 is 0 Å². The van der Waals surface area contributed by atoms with Gasteiger partial charge in [-0.1, -0.05) is 104 Å². The molecule has 3 fully saturated rings. The Bertz CT molecular complexity index is 860. The van der Waals surface area contributed by atoms with E-state index in [4.69, 9.17) is 9.47 Å². The van der Waals surface area contributed by atoms with Crippen LogP contribution in [0.3, 0.4) is 0 Å². The molecular weight excluding hydrogens is 504 g/mol. The van der Waals surface area contributed by atoms with Crippen molar-refractivity contribution in [3.05, 3.63) is 0 Å². The van der Waals surface area contributed by atoms with Gasteiger partial charge in [0.05, 0.1) is 17.8 Å². The summed E-state index contributed by atoms with van der Waals surface area (Å²) in [6.45, 7) is 21.5. The zero-order chi connectivity index (χ0) is 28.0. The maximum absolute atomic E-state index is 13.5. The molecule has 1 saturated carbocycles. The number of ether oxygens (including phenoxy) is 2. The third-order valence-corrected chi connectivity index (χ3v) is 12.4. The lowest BCUT2D eigenvalue weighted by atomic mass is 9.51. The molecule has 1 aliphatic carbocycles. The second kappa shape index (κ2) is 11.1. The molecule has 2 heterocycles. The molecule has 3 rings (SSSR count). The van der Waals surface area contributed by atoms with E-state index in [0.717, 1.165) is 30.8 Å². The van der Waals surface area contributed by atoms with Crippen molar-refractivity contribution in [2.24, 2.45) is 51.2 Å². The fourth-order valence-electron chi connectivity index (χ4n) is 6.89. The third-order valence-electron chi connectivity index (χ3n) is 9.92. The minimum Gasteiger partial charge on any atom is -0.460 e. The molecular formula is C30H50O5S2. The van der Waals surface area contributed by atoms with E-state index in [2.05, 4.69) is 69.2 Å². The van der Waals surface area contributed by atoms with Gasteiger partial charge in [-0.3, -0.25) is 14.4 Å². The monoisotopic (exact) mass is 554 g/mol. The molecule has 0 aromatic heterocycles. The molecule has 7 heteroatoms. The highest BCUT2D eigenvalue weighted by Crippen LogP contribution is 2.58. The molecule has 0 radical (unpaired) electrons. The molecule has 3 aliphatic rings. The molecule has 2 saturated heterocycles. The van der Waals surface area contributed by atoms with E-state index in [0.29, 0.717) is 12.3 Å². The lowest BCUT2D eigenvalue weighted by molar-refractivity contribution is -0.160. The van der Waals surface area contributed by atoms with E-state index in [1.807, 2.05) is 0 Å². The van der Waals surface area contributed by atoms with Gasteiger partial charge in [-0.25, -0.2) is 0 Å². The average molecular weight is 555 g/mol. The second-order valence-corrected chi connectivity index (χ2v) is 17.6. The van der Waals surface area contributed by atoms with Crippen LogP contribution in [-0.2, 0) is 23.9 Å². The summed E-state index contributed by atoms with van der Waals surface area (Å²) in [4.78, 5) is 40.2. The van der Waals surface area contributed by atoms with Gasteiger partial charge in [0, 0.05) is 11.5 Å². The van der Waals surface area contributed by atoms with Crippen molar-refractivity contribution in [3.63, 3.8) is 0 Å². The Morgan fingerprint density at radius 1 is 0.919 bits per heavy atom. The summed E-state index contributed by atoms with van der Waals surface area (Å²) in [5, 5.41) is 0. The van der Waals surface area contributed by atoms with Gasteiger partial charge in [-0.15, -0.1) is 0 Å². The Morgan fingerprint density at radius 2 is 1.49 bits per heavy atom. The van der Waals surface area contributed by atoms with Crippen LogP contribution in [0.4, 0.5) is 0 Å². The van der Waals surface area contributed by atoms with Crippen LogP contribution in [0.15, 0.2) is 0 Å². The van der Waals surface area contributed by atoms with Crippen molar-refractivity contribution in [1.82, 2.24) is 0 Å². The molecule has 37 heavy (non-hydrogen) atoms. The first kappa shape index (κ1) is 30.8. The lowest BCUT2D eigenvalue weighted by Gasteiger charge is -2.50. The maximum Gasteiger partial charge on any atom is 0.318 e. The lowest BCUT2D eigenvalue weighted by Crippen LogP contribution is -2.50. The van der Waals surface area contributed by atoms with E-state index < -0.39 is 22.7 Å². The van der Waals surface area contributed by atoms with Crippen LogP contribution in [0.5, 0.6) is 0 Å². The number of cyclic esters (lactones) is 2. The topological polar surface area (TPSA) is 69.7 Å². The zero-order valence-corrected chi connectivity index (χ0v) is 26.4. The first-order valence-corrected chi connectivity index (χ1v) is 16.6. The fourth-order valence-corrected chi connectivity index (χ4v) is 9.40. The Labute approximate surface area is 233 Å². The predicted octanol–water partition coefficient (Wildman–Crippen LogP) is 7.57. The summed E-state index contributed by atoms with van der Waals surface area (Å²) in [5.74, 6) is 0.00314. The summed E-state index contributed by atoms with van der Waals surface area (Å²) < 4.78 is 11.4. The number of hydrogen-bond donors (Lipinski definition) is 0. The predicted molar refractivity (Wildman–Crippen MR) is 153 cm³/mol. The van der Waals surface area contributed by atoms with Crippen LogP contribution in [0.25, 0.3) is 0 Å². The van der Waals surface area contributed by atoms with E-state index in [1.54, 1.807) is 21.6 Å². The minimum absolute atomic E-state index is 0.0454. The molecule has 5 atom stereocenters. The molecule has 0 aromatic rings. The van der Waals surface area contributed by atoms with Crippen LogP contribution >= 0.6 is 21.6 Å². The summed E-state index contributed by atoms with van der Waals surface area (Å²) in [6.07, 6.45) is 4.82. The molecule has 2 aliphatic heterocycles. The normalized spacial score (nSPS) is 29.4. The second-order valence-electron chi connectivity index (χ2n) is 15.0. The molecule has 212 valence electrons. The number of hydrogen-bond acceptors (Lipinski definition) is 7. The molecule has 0 bridgehead atoms. The van der Waals surface area contributed by atoms with E-state index in [-0.39, 0.29) is 46.7 Å². The van der Waals surface area contributed by atoms with E-state index in [1.165, 1.54) is 6.42 Å². The smallest absolute Gasteiger partial charge is 0.318 e. The highest BCUT2D eigenvalue weighted by molar-refractivity contribution is 8.77. The van der Waals surface area contributed by atoms with Crippen molar-refractivity contribution in [2.45, 2.75) is 107 Å². The molecule has 0 aromatic carbocycles. The quantitative estimate of drug-likeness (QED) is 0.183. The maximum atomic E-state index is 13.5. The first-order valence-electron chi connectivity index (χ1n) is 14.1. The van der Waals surface area contributed by atoms with Gasteiger partial charge in [0.2, 0.25) is 0 Å². The fraction of sp³-hybridized carbons (Fsp3) is 0.900. The number of carbonyl (C=O) groups is 3. The van der Waals surface area contributed by atoms with Gasteiger partial charge >= 0.3 is 17.9 Å². The van der Waals surface area contributed by atoms with Crippen molar-refractivity contribution < 1.29 is 23.9 Å². The standard InChI is InChI=1S/C30H50O5S2/c1-27(2,3)20-14-12-11-13-19(20)22-23(26(33)35-25(22)32)30(9,10)29(7,8)15-21(28(4,5)6)24(31)34-18-16-36-37-17-18/h18-23H,11-17H2,1-10H3. The van der Waals surface area contributed by atoms with Gasteiger partial charge in [0.25, 0.3) is 0 Å². The summed E-state index contributed by atoms with van der Waals surface area (Å²) in [5.41, 5.74) is -1.24. The third kappa shape index (κ3) is 6.56. The number of rotatable bonds is 7. The minimum atomic E-state index is -0.566. The largest absolute Gasteiger partial charge is 0.460 e. The van der Waals surface area contributed by atoms with Crippen molar-refractivity contribution in [3.8, 4) is 0 Å². The van der Waals surface area contributed by atoms with Crippen molar-refractivity contribution in [1.29, 1.82) is 0 Å². The van der Waals surface area contributed by atoms with Crippen molar-refractivity contribution in [2.75, 3.05) is 11.5 Å². The van der Waals surface area contributed by atoms with Gasteiger partial charge in [0.1, 0.15) is 6.10 Å². The summed E-state index contributed by atoms with van der Waals surface area (Å²) >= 11 is 0. The zero-order valence-electron chi connectivity index (χ0n) is 24.8. The molecule has 5 nitrogen and oxygen atoms in total. The highest BCUT2D eigenvalue weighted by atomic mass is 33.1. The number of carbonyl (C=O) groups excluding carboxylic acids is 3. The van der Waals surface area contributed by atoms with E-state index in [9.17, 15) is 14.4 Å². The Hall–Kier alpha value is -0.690. The van der Waals surface area contributed by atoms with Crippen LogP contribution < -0.4 is 0 Å². The molecule has 0 amide bonds. The average Bonchev–Trinajstić information content (AvgIpc) is 3.37. The van der Waals surface area contributed by atoms with Crippen LogP contribution in [0, 0.1) is 51.2 Å². The molecule has 0 spiro atoms. The van der Waals surface area contributed by atoms with Gasteiger partial charge < -0.3 is 9.47 Å². The van der Waals surface area contributed by atoms with Crippen LogP contribution in [0.2, 0.25) is 0 Å². The Morgan fingerprint density at radius 3 is 2.03 bits per heavy atom. The van der Waals surface area contributed by atoms with Crippen LogP contribution in [-0.4, -0.2) is 35.5 Å². The van der Waals surface area contributed by atoms with Gasteiger partial charge in [-0.2, -0.15) is 0 Å². The van der Waals surface area contributed by atoms with Gasteiger partial charge in [0.15, 0.2) is 0 Å².